The van der Waals surface area contributed by atoms with Crippen molar-refractivity contribution >= 4 is 34.3 Å². The van der Waals surface area contributed by atoms with Crippen LogP contribution in [0.1, 0.15) is 84.4 Å². The number of nitriles is 1. The summed E-state index contributed by atoms with van der Waals surface area (Å²) in [6.07, 6.45) is 1.16. The molecule has 13 heteroatoms. The van der Waals surface area contributed by atoms with Crippen molar-refractivity contribution in [3.8, 4) is 6.07 Å². The number of nitrogens with one attached hydrogen (secondary N) is 4. The number of hydrogen-bond donors (Lipinski definition) is 5. The fourth-order valence-electron chi connectivity index (χ4n) is 5.80. The molecule has 39 heavy (non-hydrogen) atoms. The molecule has 4 atom stereocenters. The minimum atomic E-state index is -1.03. The summed E-state index contributed by atoms with van der Waals surface area (Å²) in [4.78, 5) is 37.1. The van der Waals surface area contributed by atoms with E-state index in [9.17, 15) is 24.8 Å². The molecule has 1 aliphatic heterocycles. The Bertz CT molecular complexity index is 1130. The van der Waals surface area contributed by atoms with Gasteiger partial charge in [0.1, 0.15) is 11.6 Å². The van der Waals surface area contributed by atoms with Gasteiger partial charge in [0.2, 0.25) is 17.7 Å². The Hall–Kier alpha value is -2.95. The molecule has 4 unspecified atom stereocenters. The van der Waals surface area contributed by atoms with Crippen molar-refractivity contribution in [1.29, 1.82) is 5.26 Å². The first-order valence-corrected chi connectivity index (χ1v) is 14.1. The Morgan fingerprint density at radius 1 is 1.08 bits per heavy atom. The van der Waals surface area contributed by atoms with Gasteiger partial charge in [-0.15, -0.1) is 5.11 Å². The van der Waals surface area contributed by atoms with E-state index in [4.69, 9.17) is 0 Å². The fourth-order valence-corrected chi connectivity index (χ4v) is 6.49. The van der Waals surface area contributed by atoms with Crippen LogP contribution in [0.4, 0.5) is 5.00 Å². The largest absolute Gasteiger partial charge is 0.389 e. The van der Waals surface area contributed by atoms with Gasteiger partial charge in [0.25, 0.3) is 0 Å². The average molecular weight is 561 g/mol. The first-order valence-electron chi connectivity index (χ1n) is 13.3. The van der Waals surface area contributed by atoms with Gasteiger partial charge in [-0.3, -0.25) is 14.4 Å². The fraction of sp³-hybridized carbons (Fsp3) is 0.731. The Kier molecular flexibility index (Phi) is 9.79. The van der Waals surface area contributed by atoms with Crippen LogP contribution in [-0.2, 0) is 14.4 Å². The zero-order valence-electron chi connectivity index (χ0n) is 23.5. The number of aromatic nitrogens is 1. The van der Waals surface area contributed by atoms with Crippen molar-refractivity contribution < 1.29 is 19.5 Å². The van der Waals surface area contributed by atoms with E-state index in [-0.39, 0.29) is 54.1 Å². The van der Waals surface area contributed by atoms with Crippen LogP contribution < -0.4 is 21.3 Å². The van der Waals surface area contributed by atoms with Gasteiger partial charge in [-0.1, -0.05) is 0 Å². The van der Waals surface area contributed by atoms with E-state index >= 15 is 0 Å². The van der Waals surface area contributed by atoms with Crippen LogP contribution in [0.15, 0.2) is 10.2 Å². The predicted molar refractivity (Wildman–Crippen MR) is 146 cm³/mol. The molecule has 0 radical (unpaired) electrons. The number of amides is 3. The summed E-state index contributed by atoms with van der Waals surface area (Å²) in [7, 11) is 0. The third kappa shape index (κ3) is 8.78. The number of nitrogens with zero attached hydrogens (tertiary/aromatic N) is 4. The second kappa shape index (κ2) is 12.5. The van der Waals surface area contributed by atoms with Crippen LogP contribution in [0.3, 0.4) is 0 Å². The maximum atomic E-state index is 12.8. The number of aliphatic hydroxyl groups excluding tert-OH is 1. The Morgan fingerprint density at radius 3 is 2.21 bits per heavy atom. The SMILES string of the molecule is CC(=O)NC1CC(N=Nc2snc(C)c2C#N)CC(NC(=O)CCC(=O)NC2CC(C)(C)NC(C)(C)C2)C1O. The summed E-state index contributed by atoms with van der Waals surface area (Å²) < 4.78 is 4.13. The van der Waals surface area contributed by atoms with E-state index in [1.165, 1.54) is 6.92 Å². The maximum Gasteiger partial charge on any atom is 0.220 e. The van der Waals surface area contributed by atoms with Crippen molar-refractivity contribution in [2.24, 2.45) is 10.2 Å². The van der Waals surface area contributed by atoms with Crippen LogP contribution in [0.5, 0.6) is 0 Å². The number of piperidine rings is 1. The Labute approximate surface area is 233 Å². The monoisotopic (exact) mass is 560 g/mol. The lowest BCUT2D eigenvalue weighted by Crippen LogP contribution is -2.62. The standard InChI is InChI=1S/C26H40N8O4S/c1-14-18(13-27)24(39-33-14)32-31-16-9-19(28-15(2)35)23(38)20(10-16)30-22(37)8-7-21(36)29-17-11-25(3,4)34-26(5,6)12-17/h16-17,19-20,23,34,38H,7-12H2,1-6H3,(H,28,35)(H,29,36)(H,30,37). The molecule has 0 spiro atoms. The summed E-state index contributed by atoms with van der Waals surface area (Å²) in [5.41, 5.74) is 0.717. The third-order valence-corrected chi connectivity index (χ3v) is 7.84. The van der Waals surface area contributed by atoms with Gasteiger partial charge in [-0.05, 0) is 71.8 Å². The molecule has 1 aliphatic carbocycles. The molecular formula is C26H40N8O4S. The van der Waals surface area contributed by atoms with Gasteiger partial charge in [0.15, 0.2) is 5.00 Å². The van der Waals surface area contributed by atoms with Crippen molar-refractivity contribution in [3.63, 3.8) is 0 Å². The molecule has 2 heterocycles. The molecule has 1 aromatic rings. The number of carbonyl (C=O) groups excluding carboxylic acids is 3. The van der Waals surface area contributed by atoms with Crippen LogP contribution in [-0.4, -0.2) is 68.6 Å². The van der Waals surface area contributed by atoms with E-state index in [0.717, 1.165) is 24.4 Å². The lowest BCUT2D eigenvalue weighted by Gasteiger charge is -2.46. The molecule has 2 fully saturated rings. The summed E-state index contributed by atoms with van der Waals surface area (Å²) >= 11 is 1.07. The minimum absolute atomic E-state index is 0.0143. The number of hydrogen-bond acceptors (Lipinski definition) is 10. The van der Waals surface area contributed by atoms with E-state index in [1.807, 2.05) is 0 Å². The maximum absolute atomic E-state index is 12.8. The van der Waals surface area contributed by atoms with E-state index in [1.54, 1.807) is 6.92 Å². The molecule has 12 nitrogen and oxygen atoms in total. The molecule has 3 rings (SSSR count). The van der Waals surface area contributed by atoms with Gasteiger partial charge in [0, 0.05) is 36.9 Å². The van der Waals surface area contributed by atoms with E-state index < -0.39 is 24.2 Å². The smallest absolute Gasteiger partial charge is 0.220 e. The highest BCUT2D eigenvalue weighted by molar-refractivity contribution is 7.10. The molecule has 3 amide bonds. The molecule has 0 aromatic carbocycles. The molecular weight excluding hydrogens is 520 g/mol. The predicted octanol–water partition coefficient (Wildman–Crippen LogP) is 2.13. The minimum Gasteiger partial charge on any atom is -0.389 e. The van der Waals surface area contributed by atoms with Crippen molar-refractivity contribution in [2.75, 3.05) is 0 Å². The summed E-state index contributed by atoms with van der Waals surface area (Å²) in [6, 6.07) is 0.332. The number of aryl methyl sites for hydroxylation is 1. The van der Waals surface area contributed by atoms with E-state index in [2.05, 4.69) is 69.6 Å². The molecule has 1 saturated heterocycles. The van der Waals surface area contributed by atoms with Crippen molar-refractivity contribution in [2.45, 2.75) is 121 Å². The van der Waals surface area contributed by atoms with Gasteiger partial charge in [-0.25, -0.2) is 0 Å². The number of aliphatic hydroxyl groups is 1. The Balaban J connectivity index is 1.58. The third-order valence-electron chi connectivity index (χ3n) is 7.01. The number of carbonyl (C=O) groups is 3. The van der Waals surface area contributed by atoms with Gasteiger partial charge in [-0.2, -0.15) is 14.7 Å². The summed E-state index contributed by atoms with van der Waals surface area (Å²) in [6.45, 7) is 11.5. The highest BCUT2D eigenvalue weighted by Crippen LogP contribution is 2.30. The van der Waals surface area contributed by atoms with Crippen LogP contribution in [0.25, 0.3) is 0 Å². The van der Waals surface area contributed by atoms with Gasteiger partial charge >= 0.3 is 0 Å². The average Bonchev–Trinajstić information content (AvgIpc) is 3.16. The van der Waals surface area contributed by atoms with Crippen molar-refractivity contribution in [1.82, 2.24) is 25.6 Å². The lowest BCUT2D eigenvalue weighted by atomic mass is 9.79. The Morgan fingerprint density at radius 2 is 1.64 bits per heavy atom. The zero-order valence-corrected chi connectivity index (χ0v) is 24.3. The topological polar surface area (TPSA) is 181 Å². The molecule has 2 aliphatic rings. The first-order chi connectivity index (χ1) is 18.2. The van der Waals surface area contributed by atoms with Crippen LogP contribution in [0.2, 0.25) is 0 Å². The van der Waals surface area contributed by atoms with Crippen LogP contribution >= 0.6 is 11.5 Å². The molecule has 1 aromatic heterocycles. The quantitative estimate of drug-likeness (QED) is 0.302. The van der Waals surface area contributed by atoms with Gasteiger partial charge < -0.3 is 26.4 Å². The lowest BCUT2D eigenvalue weighted by molar-refractivity contribution is -0.128. The van der Waals surface area contributed by atoms with E-state index in [0.29, 0.717) is 22.7 Å². The molecule has 5 N–H and O–H groups in total. The summed E-state index contributed by atoms with van der Waals surface area (Å²) in [5, 5.41) is 41.3. The first kappa shape index (κ1) is 30.6. The van der Waals surface area contributed by atoms with Crippen LogP contribution in [0, 0.1) is 18.3 Å². The number of rotatable bonds is 8. The van der Waals surface area contributed by atoms with Crippen molar-refractivity contribution in [3.05, 3.63) is 11.3 Å². The van der Waals surface area contributed by atoms with Gasteiger partial charge in [0.05, 0.1) is 29.9 Å². The normalized spacial score (nSPS) is 26.5. The second-order valence-electron chi connectivity index (χ2n) is 11.9. The highest BCUT2D eigenvalue weighted by atomic mass is 32.1. The second-order valence-corrected chi connectivity index (χ2v) is 12.7. The molecule has 0 bridgehead atoms. The molecule has 1 saturated carbocycles. The zero-order chi connectivity index (χ0) is 29.0. The highest BCUT2D eigenvalue weighted by Gasteiger charge is 2.39. The number of azo groups is 1. The summed E-state index contributed by atoms with van der Waals surface area (Å²) in [5.74, 6) is -0.875. The molecule has 214 valence electrons.